The summed E-state index contributed by atoms with van der Waals surface area (Å²) in [5, 5.41) is 2.74. The van der Waals surface area contributed by atoms with Crippen molar-refractivity contribution in [2.45, 2.75) is 26.0 Å². The topological polar surface area (TPSA) is 29.5 Å². The molecule has 0 saturated carbocycles. The van der Waals surface area contributed by atoms with Gasteiger partial charge in [0.1, 0.15) is 5.75 Å². The molecule has 0 radical (unpaired) electrons. The number of benzene rings is 1. The molecular formula is C16H16ClNO2S. The van der Waals surface area contributed by atoms with Crippen molar-refractivity contribution in [3.8, 4) is 5.75 Å². The fraction of sp³-hybridized carbons (Fsp3) is 0.312. The molecule has 1 amide bonds. The van der Waals surface area contributed by atoms with E-state index in [-0.39, 0.29) is 5.91 Å². The van der Waals surface area contributed by atoms with Crippen molar-refractivity contribution in [3.05, 3.63) is 51.2 Å². The van der Waals surface area contributed by atoms with Crippen molar-refractivity contribution in [2.24, 2.45) is 0 Å². The lowest BCUT2D eigenvalue weighted by Crippen LogP contribution is -2.42. The van der Waals surface area contributed by atoms with Crippen LogP contribution in [0.25, 0.3) is 0 Å². The number of amides is 1. The predicted molar refractivity (Wildman–Crippen MR) is 85.0 cm³/mol. The Kier molecular flexibility index (Phi) is 4.17. The Morgan fingerprint density at radius 2 is 2.10 bits per heavy atom. The van der Waals surface area contributed by atoms with E-state index < -0.39 is 6.10 Å². The zero-order valence-electron chi connectivity index (χ0n) is 11.7. The van der Waals surface area contributed by atoms with Crippen LogP contribution in [0.3, 0.4) is 0 Å². The maximum absolute atomic E-state index is 12.5. The Labute approximate surface area is 133 Å². The molecule has 0 aliphatic carbocycles. The minimum absolute atomic E-state index is 0.0294. The molecule has 2 heterocycles. The monoisotopic (exact) mass is 321 g/mol. The maximum atomic E-state index is 12.5. The van der Waals surface area contributed by atoms with Gasteiger partial charge in [0.2, 0.25) is 0 Å². The Morgan fingerprint density at radius 3 is 2.86 bits per heavy atom. The molecule has 3 rings (SSSR count). The molecule has 1 aliphatic heterocycles. The summed E-state index contributed by atoms with van der Waals surface area (Å²) >= 11 is 7.61. The van der Waals surface area contributed by atoms with Crippen molar-refractivity contribution < 1.29 is 9.53 Å². The Morgan fingerprint density at radius 1 is 1.33 bits per heavy atom. The van der Waals surface area contributed by atoms with E-state index in [1.165, 1.54) is 10.4 Å². The number of ether oxygens (including phenoxy) is 1. The first kappa shape index (κ1) is 14.4. The van der Waals surface area contributed by atoms with Gasteiger partial charge in [-0.1, -0.05) is 11.6 Å². The lowest BCUT2D eigenvalue weighted by atomic mass is 10.1. The van der Waals surface area contributed by atoms with Crippen molar-refractivity contribution in [2.75, 3.05) is 6.54 Å². The van der Waals surface area contributed by atoms with Gasteiger partial charge in [-0.15, -0.1) is 11.3 Å². The largest absolute Gasteiger partial charge is 0.481 e. The second kappa shape index (κ2) is 6.08. The van der Waals surface area contributed by atoms with Crippen LogP contribution in [-0.2, 0) is 17.8 Å². The summed E-state index contributed by atoms with van der Waals surface area (Å²) in [6, 6.07) is 9.17. The first-order valence-corrected chi connectivity index (χ1v) is 8.15. The highest BCUT2D eigenvalue weighted by molar-refractivity contribution is 7.10. The van der Waals surface area contributed by atoms with Gasteiger partial charge < -0.3 is 9.64 Å². The average Bonchev–Trinajstić information content (AvgIpc) is 2.96. The quantitative estimate of drug-likeness (QED) is 0.861. The van der Waals surface area contributed by atoms with Crippen LogP contribution in [-0.4, -0.2) is 23.5 Å². The second-order valence-corrected chi connectivity index (χ2v) is 6.53. The molecule has 21 heavy (non-hydrogen) atoms. The zero-order valence-corrected chi connectivity index (χ0v) is 13.3. The van der Waals surface area contributed by atoms with E-state index in [4.69, 9.17) is 16.3 Å². The third-order valence-electron chi connectivity index (χ3n) is 3.59. The molecule has 5 heteroatoms. The summed E-state index contributed by atoms with van der Waals surface area (Å²) in [6.07, 6.45) is 0.443. The van der Waals surface area contributed by atoms with Gasteiger partial charge in [0.15, 0.2) is 6.10 Å². The number of rotatable bonds is 3. The Hall–Kier alpha value is -1.52. The van der Waals surface area contributed by atoms with Gasteiger partial charge in [-0.2, -0.15) is 0 Å². The van der Waals surface area contributed by atoms with Gasteiger partial charge in [0.25, 0.3) is 5.91 Å². The average molecular weight is 322 g/mol. The summed E-state index contributed by atoms with van der Waals surface area (Å²) < 4.78 is 5.71. The second-order valence-electron chi connectivity index (χ2n) is 5.09. The first-order chi connectivity index (χ1) is 10.1. The van der Waals surface area contributed by atoms with Gasteiger partial charge >= 0.3 is 0 Å². The summed E-state index contributed by atoms with van der Waals surface area (Å²) in [5.74, 6) is 0.690. The van der Waals surface area contributed by atoms with Crippen LogP contribution in [0.4, 0.5) is 0 Å². The number of thiophene rings is 1. The molecule has 3 nitrogen and oxygen atoms in total. The fourth-order valence-corrected chi connectivity index (χ4v) is 3.48. The Balaban J connectivity index is 1.64. The maximum Gasteiger partial charge on any atom is 0.263 e. The molecule has 1 aromatic heterocycles. The molecule has 0 N–H and O–H groups in total. The first-order valence-electron chi connectivity index (χ1n) is 6.90. The molecule has 2 aromatic rings. The van der Waals surface area contributed by atoms with E-state index in [2.05, 4.69) is 11.4 Å². The number of nitrogens with zero attached hydrogens (tertiary/aromatic N) is 1. The van der Waals surface area contributed by atoms with Crippen LogP contribution in [0.2, 0.25) is 5.02 Å². The molecule has 0 saturated heterocycles. The zero-order chi connectivity index (χ0) is 14.8. The molecule has 110 valence electrons. The Bertz CT molecular complexity index is 638. The van der Waals surface area contributed by atoms with Gasteiger partial charge in [-0.25, -0.2) is 0 Å². The third kappa shape index (κ3) is 3.22. The van der Waals surface area contributed by atoms with E-state index in [1.54, 1.807) is 42.5 Å². The highest BCUT2D eigenvalue weighted by Gasteiger charge is 2.26. The molecule has 0 bridgehead atoms. The van der Waals surface area contributed by atoms with Crippen LogP contribution >= 0.6 is 22.9 Å². The van der Waals surface area contributed by atoms with Crippen LogP contribution in [0.5, 0.6) is 5.75 Å². The fourth-order valence-electron chi connectivity index (χ4n) is 2.46. The minimum Gasteiger partial charge on any atom is -0.481 e. The van der Waals surface area contributed by atoms with Crippen molar-refractivity contribution in [1.29, 1.82) is 0 Å². The third-order valence-corrected chi connectivity index (χ3v) is 4.87. The van der Waals surface area contributed by atoms with Crippen molar-refractivity contribution in [3.63, 3.8) is 0 Å². The number of fused-ring (bicyclic) bond motifs is 1. The molecule has 0 spiro atoms. The van der Waals surface area contributed by atoms with Crippen LogP contribution in [0, 0.1) is 0 Å². The van der Waals surface area contributed by atoms with E-state index in [0.717, 1.165) is 13.0 Å². The van der Waals surface area contributed by atoms with Gasteiger partial charge in [-0.05, 0) is 54.6 Å². The van der Waals surface area contributed by atoms with E-state index >= 15 is 0 Å². The molecular weight excluding hydrogens is 306 g/mol. The highest BCUT2D eigenvalue weighted by atomic mass is 35.5. The summed E-state index contributed by atoms with van der Waals surface area (Å²) in [4.78, 5) is 15.7. The number of hydrogen-bond donors (Lipinski definition) is 0. The van der Waals surface area contributed by atoms with Crippen LogP contribution in [0.1, 0.15) is 17.4 Å². The minimum atomic E-state index is -0.494. The van der Waals surface area contributed by atoms with Crippen LogP contribution < -0.4 is 4.74 Å². The van der Waals surface area contributed by atoms with E-state index in [9.17, 15) is 4.79 Å². The van der Waals surface area contributed by atoms with Gasteiger partial charge in [0.05, 0.1) is 0 Å². The molecule has 1 atom stereocenters. The number of hydrogen-bond acceptors (Lipinski definition) is 3. The number of halogens is 1. The van der Waals surface area contributed by atoms with Gasteiger partial charge in [-0.3, -0.25) is 4.79 Å². The number of carbonyl (C=O) groups excluding carboxylic acids is 1. The highest BCUT2D eigenvalue weighted by Crippen LogP contribution is 2.25. The molecule has 1 unspecified atom stereocenters. The lowest BCUT2D eigenvalue weighted by molar-refractivity contribution is -0.138. The normalized spacial score (nSPS) is 15.4. The molecule has 1 aliphatic rings. The van der Waals surface area contributed by atoms with Crippen molar-refractivity contribution in [1.82, 2.24) is 4.90 Å². The molecule has 1 aromatic carbocycles. The standard InChI is InChI=1S/C16H16ClNO2S/c1-11(20-14-4-2-13(17)3-5-14)16(19)18-8-6-15-12(10-18)7-9-21-15/h2-5,7,9,11H,6,8,10H2,1H3. The predicted octanol–water partition coefficient (Wildman–Crippen LogP) is 3.75. The number of carbonyl (C=O) groups is 1. The van der Waals surface area contributed by atoms with Crippen LogP contribution in [0.15, 0.2) is 35.7 Å². The van der Waals surface area contributed by atoms with E-state index in [1.807, 2.05) is 4.90 Å². The lowest BCUT2D eigenvalue weighted by Gasteiger charge is -2.29. The van der Waals surface area contributed by atoms with Gasteiger partial charge in [0, 0.05) is 23.0 Å². The van der Waals surface area contributed by atoms with Crippen molar-refractivity contribution >= 4 is 28.8 Å². The SMILES string of the molecule is CC(Oc1ccc(Cl)cc1)C(=O)N1CCc2sccc2C1. The summed E-state index contributed by atoms with van der Waals surface area (Å²) in [5.41, 5.74) is 1.26. The molecule has 0 fully saturated rings. The smallest absolute Gasteiger partial charge is 0.263 e. The van der Waals surface area contributed by atoms with E-state index in [0.29, 0.717) is 17.3 Å². The summed E-state index contributed by atoms with van der Waals surface area (Å²) in [7, 11) is 0. The summed E-state index contributed by atoms with van der Waals surface area (Å²) in [6.45, 7) is 3.24.